The molecule has 128 valence electrons. The maximum Gasteiger partial charge on any atom is 0.292 e. The molecule has 3 rings (SSSR count). The van der Waals surface area contributed by atoms with Crippen molar-refractivity contribution in [2.24, 2.45) is 5.14 Å². The van der Waals surface area contributed by atoms with Crippen LogP contribution in [-0.2, 0) is 10.0 Å². The minimum atomic E-state index is -3.87. The highest BCUT2D eigenvalue weighted by Crippen LogP contribution is 2.26. The van der Waals surface area contributed by atoms with Gasteiger partial charge < -0.3 is 9.73 Å². The lowest BCUT2D eigenvalue weighted by Crippen LogP contribution is -2.16. The highest BCUT2D eigenvalue weighted by atomic mass is 32.2. The van der Waals surface area contributed by atoms with Crippen LogP contribution in [0.5, 0.6) is 0 Å². The summed E-state index contributed by atoms with van der Waals surface area (Å²) in [7, 11) is -3.87. The molecule has 1 heterocycles. The standard InChI is InChI=1S/C18H16N2O4S/c1-12-7-8-14(11-16(12)25(19,22)23)20-18(21)17-15(9-10-24-17)13-5-3-2-4-6-13/h2-11H,1H3,(H,20,21)(H2,19,22,23). The predicted molar refractivity (Wildman–Crippen MR) is 94.6 cm³/mol. The Morgan fingerprint density at radius 1 is 1.08 bits per heavy atom. The monoisotopic (exact) mass is 356 g/mol. The molecule has 0 fully saturated rings. The van der Waals surface area contributed by atoms with E-state index in [0.717, 1.165) is 5.56 Å². The van der Waals surface area contributed by atoms with Crippen molar-refractivity contribution in [3.05, 3.63) is 72.2 Å². The predicted octanol–water partition coefficient (Wildman–Crippen LogP) is 3.15. The van der Waals surface area contributed by atoms with Crippen molar-refractivity contribution >= 4 is 21.6 Å². The number of sulfonamides is 1. The molecule has 0 aliphatic heterocycles. The molecular formula is C18H16N2O4S. The number of hydrogen-bond donors (Lipinski definition) is 2. The summed E-state index contributed by atoms with van der Waals surface area (Å²) in [6.45, 7) is 1.63. The van der Waals surface area contributed by atoms with Gasteiger partial charge in [-0.1, -0.05) is 36.4 Å². The average Bonchev–Trinajstić information content (AvgIpc) is 3.06. The van der Waals surface area contributed by atoms with Crippen molar-refractivity contribution in [1.29, 1.82) is 0 Å². The Labute approximate surface area is 145 Å². The zero-order chi connectivity index (χ0) is 18.0. The molecule has 0 saturated heterocycles. The van der Waals surface area contributed by atoms with Crippen LogP contribution < -0.4 is 10.5 Å². The number of nitrogens with two attached hydrogens (primary N) is 1. The van der Waals surface area contributed by atoms with E-state index in [4.69, 9.17) is 9.56 Å². The maximum absolute atomic E-state index is 12.5. The first-order valence-corrected chi connectivity index (χ1v) is 8.98. The number of benzene rings is 2. The lowest BCUT2D eigenvalue weighted by Gasteiger charge is -2.09. The van der Waals surface area contributed by atoms with Crippen LogP contribution in [0.4, 0.5) is 5.69 Å². The summed E-state index contributed by atoms with van der Waals surface area (Å²) >= 11 is 0. The van der Waals surface area contributed by atoms with Gasteiger partial charge >= 0.3 is 0 Å². The summed E-state index contributed by atoms with van der Waals surface area (Å²) in [4.78, 5) is 12.5. The maximum atomic E-state index is 12.5. The molecule has 7 heteroatoms. The smallest absolute Gasteiger partial charge is 0.292 e. The Kier molecular flexibility index (Phi) is 4.43. The van der Waals surface area contributed by atoms with Gasteiger partial charge in [-0.05, 0) is 36.2 Å². The van der Waals surface area contributed by atoms with E-state index in [-0.39, 0.29) is 10.7 Å². The number of hydrogen-bond acceptors (Lipinski definition) is 4. The molecule has 1 aromatic heterocycles. The Balaban J connectivity index is 1.91. The third kappa shape index (κ3) is 3.62. The fourth-order valence-corrected chi connectivity index (χ4v) is 3.31. The summed E-state index contributed by atoms with van der Waals surface area (Å²) in [5.74, 6) is -0.336. The van der Waals surface area contributed by atoms with Gasteiger partial charge in [0.1, 0.15) is 0 Å². The van der Waals surface area contributed by atoms with Crippen LogP contribution in [0.1, 0.15) is 16.1 Å². The molecule has 6 nitrogen and oxygen atoms in total. The second-order valence-electron chi connectivity index (χ2n) is 5.51. The minimum Gasteiger partial charge on any atom is -0.459 e. The first-order valence-electron chi connectivity index (χ1n) is 7.44. The Morgan fingerprint density at radius 2 is 1.80 bits per heavy atom. The van der Waals surface area contributed by atoms with Gasteiger partial charge in [-0.15, -0.1) is 0 Å². The number of carbonyl (C=O) groups excluding carboxylic acids is 1. The number of amides is 1. The Bertz CT molecular complexity index is 1020. The third-order valence-corrected chi connectivity index (χ3v) is 4.76. The largest absolute Gasteiger partial charge is 0.459 e. The zero-order valence-electron chi connectivity index (χ0n) is 13.4. The number of primary sulfonamides is 1. The van der Waals surface area contributed by atoms with Crippen LogP contribution >= 0.6 is 0 Å². The first-order chi connectivity index (χ1) is 11.9. The number of furan rings is 1. The van der Waals surface area contributed by atoms with Crippen LogP contribution in [-0.4, -0.2) is 14.3 Å². The van der Waals surface area contributed by atoms with Gasteiger partial charge in [0.2, 0.25) is 10.0 Å². The highest BCUT2D eigenvalue weighted by Gasteiger charge is 2.18. The molecule has 0 saturated carbocycles. The molecule has 0 radical (unpaired) electrons. The van der Waals surface area contributed by atoms with E-state index in [1.165, 1.54) is 12.3 Å². The molecule has 2 aromatic carbocycles. The lowest BCUT2D eigenvalue weighted by atomic mass is 10.1. The molecule has 0 aliphatic rings. The van der Waals surface area contributed by atoms with Crippen LogP contribution in [0.25, 0.3) is 11.1 Å². The van der Waals surface area contributed by atoms with Crippen LogP contribution in [0.3, 0.4) is 0 Å². The van der Waals surface area contributed by atoms with Gasteiger partial charge in [-0.3, -0.25) is 4.79 Å². The normalized spacial score (nSPS) is 11.3. The van der Waals surface area contributed by atoms with Crippen LogP contribution in [0.15, 0.2) is 70.2 Å². The summed E-state index contributed by atoms with van der Waals surface area (Å²) in [5, 5.41) is 7.83. The second kappa shape index (κ2) is 6.54. The topological polar surface area (TPSA) is 102 Å². The van der Waals surface area contributed by atoms with E-state index in [1.54, 1.807) is 25.1 Å². The Morgan fingerprint density at radius 3 is 2.48 bits per heavy atom. The van der Waals surface area contributed by atoms with E-state index >= 15 is 0 Å². The van der Waals surface area contributed by atoms with Crippen molar-refractivity contribution in [2.75, 3.05) is 5.32 Å². The quantitative estimate of drug-likeness (QED) is 0.749. The van der Waals surface area contributed by atoms with E-state index in [9.17, 15) is 13.2 Å². The molecular weight excluding hydrogens is 340 g/mol. The van der Waals surface area contributed by atoms with Crippen molar-refractivity contribution in [3.8, 4) is 11.1 Å². The molecule has 0 aliphatic carbocycles. The summed E-state index contributed by atoms with van der Waals surface area (Å²) in [5.41, 5.74) is 2.31. The zero-order valence-corrected chi connectivity index (χ0v) is 14.2. The van der Waals surface area contributed by atoms with E-state index in [1.807, 2.05) is 30.3 Å². The summed E-state index contributed by atoms with van der Waals surface area (Å²) in [6, 6.07) is 15.6. The van der Waals surface area contributed by atoms with Crippen molar-refractivity contribution in [3.63, 3.8) is 0 Å². The van der Waals surface area contributed by atoms with Crippen molar-refractivity contribution < 1.29 is 17.6 Å². The van der Waals surface area contributed by atoms with Gasteiger partial charge in [-0.2, -0.15) is 0 Å². The van der Waals surface area contributed by atoms with Crippen molar-refractivity contribution in [1.82, 2.24) is 0 Å². The molecule has 1 amide bonds. The van der Waals surface area contributed by atoms with E-state index in [0.29, 0.717) is 16.8 Å². The molecule has 0 spiro atoms. The summed E-state index contributed by atoms with van der Waals surface area (Å²) in [6.07, 6.45) is 1.43. The molecule has 3 aromatic rings. The number of aryl methyl sites for hydroxylation is 1. The number of nitrogens with one attached hydrogen (secondary N) is 1. The first kappa shape index (κ1) is 16.9. The fourth-order valence-electron chi connectivity index (χ4n) is 2.50. The van der Waals surface area contributed by atoms with Gasteiger partial charge in [0.15, 0.2) is 5.76 Å². The number of carbonyl (C=O) groups is 1. The van der Waals surface area contributed by atoms with Crippen LogP contribution in [0.2, 0.25) is 0 Å². The minimum absolute atomic E-state index is 0.0342. The highest BCUT2D eigenvalue weighted by molar-refractivity contribution is 7.89. The van der Waals surface area contributed by atoms with E-state index in [2.05, 4.69) is 5.32 Å². The average molecular weight is 356 g/mol. The second-order valence-corrected chi connectivity index (χ2v) is 7.04. The molecule has 0 unspecified atom stereocenters. The number of anilines is 1. The molecule has 0 atom stereocenters. The molecule has 25 heavy (non-hydrogen) atoms. The van der Waals surface area contributed by atoms with Gasteiger partial charge in [0.05, 0.1) is 11.2 Å². The van der Waals surface area contributed by atoms with Gasteiger partial charge in [0, 0.05) is 11.3 Å². The Hall–Kier alpha value is -2.90. The summed E-state index contributed by atoms with van der Waals surface area (Å²) < 4.78 is 28.5. The van der Waals surface area contributed by atoms with Gasteiger partial charge in [-0.25, -0.2) is 13.6 Å². The van der Waals surface area contributed by atoms with E-state index < -0.39 is 15.9 Å². The van der Waals surface area contributed by atoms with Gasteiger partial charge in [0.25, 0.3) is 5.91 Å². The number of rotatable bonds is 4. The third-order valence-electron chi connectivity index (χ3n) is 3.71. The van der Waals surface area contributed by atoms with Crippen molar-refractivity contribution in [2.45, 2.75) is 11.8 Å². The van der Waals surface area contributed by atoms with Crippen LogP contribution in [0, 0.1) is 6.92 Å². The molecule has 0 bridgehead atoms. The lowest BCUT2D eigenvalue weighted by molar-refractivity contribution is 0.0997. The SMILES string of the molecule is Cc1ccc(NC(=O)c2occc2-c2ccccc2)cc1S(N)(=O)=O. The molecule has 3 N–H and O–H groups in total. The fraction of sp³-hybridized carbons (Fsp3) is 0.0556.